The smallest absolute Gasteiger partial charge is 0.321 e. The van der Waals surface area contributed by atoms with Gasteiger partial charge in [0.2, 0.25) is 0 Å². The Morgan fingerprint density at radius 3 is 1.62 bits per heavy atom. The summed E-state index contributed by atoms with van der Waals surface area (Å²) in [6.07, 6.45) is 1.39. The molecule has 20 heteroatoms. The molecule has 0 atom stereocenters. The SMILES string of the molecule is O=C(NO)C(F)(F)C(F)(F)C(F)(F)C(F)(F)C(F)(F)C(F)(F)C(=O)Nc1ccc(-c2cn(-c3ccccc3)nn2)cc1. The lowest BCUT2D eigenvalue weighted by Gasteiger charge is -2.40. The lowest BCUT2D eigenvalue weighted by atomic mass is 9.90. The zero-order valence-corrected chi connectivity index (χ0v) is 19.9. The molecular weight excluding hydrogens is 610 g/mol. The van der Waals surface area contributed by atoms with Crippen molar-refractivity contribution >= 4 is 17.5 Å². The van der Waals surface area contributed by atoms with Crippen molar-refractivity contribution < 1.29 is 67.5 Å². The molecule has 1 heterocycles. The van der Waals surface area contributed by atoms with E-state index in [-0.39, 0.29) is 16.7 Å². The van der Waals surface area contributed by atoms with Crippen LogP contribution in [0.5, 0.6) is 0 Å². The molecule has 42 heavy (non-hydrogen) atoms. The number of alkyl halides is 12. The molecule has 2 aromatic carbocycles. The molecule has 8 nitrogen and oxygen atoms in total. The van der Waals surface area contributed by atoms with Gasteiger partial charge in [-0.2, -0.15) is 52.7 Å². The van der Waals surface area contributed by atoms with Gasteiger partial charge in [0.05, 0.1) is 11.9 Å². The minimum absolute atomic E-state index is 0.156. The highest BCUT2D eigenvalue weighted by Gasteiger charge is 2.92. The quantitative estimate of drug-likeness (QED) is 0.164. The molecule has 0 aliphatic rings. The van der Waals surface area contributed by atoms with E-state index < -0.39 is 53.0 Å². The number of amides is 2. The van der Waals surface area contributed by atoms with Crippen LogP contribution >= 0.6 is 0 Å². The normalized spacial score (nSPS) is 13.5. The number of nitrogens with zero attached hydrogens (tertiary/aromatic N) is 3. The second-order valence-electron chi connectivity index (χ2n) is 8.30. The summed E-state index contributed by atoms with van der Waals surface area (Å²) < 4.78 is 167. The first-order valence-electron chi connectivity index (χ1n) is 10.8. The highest BCUT2D eigenvalue weighted by Crippen LogP contribution is 2.60. The number of hydrogen-bond donors (Lipinski definition) is 3. The third kappa shape index (κ3) is 4.88. The lowest BCUT2D eigenvalue weighted by molar-refractivity contribution is -0.415. The minimum atomic E-state index is -8.11. The Hall–Kier alpha value is -4.36. The van der Waals surface area contributed by atoms with Crippen LogP contribution in [0, 0.1) is 0 Å². The Morgan fingerprint density at radius 2 is 1.14 bits per heavy atom. The first kappa shape index (κ1) is 32.2. The van der Waals surface area contributed by atoms with Gasteiger partial charge < -0.3 is 5.32 Å². The van der Waals surface area contributed by atoms with E-state index in [4.69, 9.17) is 5.21 Å². The standard InChI is InChI=1S/C22H13F12N5O3/c23-17(24,19(27,28)21(31,32)22(33,34)20(29,30)18(25,26)16(41)37-42)15(40)35-12-8-6-11(7-9-12)14-10-39(38-36-14)13-4-2-1-3-5-13/h1-10,42H,(H,35,40)(H,37,41). The number of anilines is 1. The molecule has 3 rings (SSSR count). The summed E-state index contributed by atoms with van der Waals surface area (Å²) >= 11 is 0. The van der Waals surface area contributed by atoms with Gasteiger partial charge in [0.25, 0.3) is 0 Å². The maximum Gasteiger partial charge on any atom is 0.394 e. The molecule has 0 fully saturated rings. The topological polar surface area (TPSA) is 109 Å². The van der Waals surface area contributed by atoms with Crippen LogP contribution in [-0.4, -0.2) is 67.6 Å². The van der Waals surface area contributed by atoms with Crippen LogP contribution in [0.1, 0.15) is 0 Å². The van der Waals surface area contributed by atoms with Crippen molar-refractivity contribution in [1.29, 1.82) is 0 Å². The molecule has 0 saturated carbocycles. The predicted molar refractivity (Wildman–Crippen MR) is 115 cm³/mol. The molecular formula is C22H13F12N5O3. The zero-order chi connectivity index (χ0) is 31.9. The van der Waals surface area contributed by atoms with Gasteiger partial charge >= 0.3 is 47.3 Å². The van der Waals surface area contributed by atoms with Crippen molar-refractivity contribution in [3.05, 3.63) is 60.8 Å². The minimum Gasteiger partial charge on any atom is -0.321 e. The van der Waals surface area contributed by atoms with E-state index in [0.29, 0.717) is 5.69 Å². The number of rotatable bonds is 10. The number of hydrogen-bond acceptors (Lipinski definition) is 5. The number of benzene rings is 2. The van der Waals surface area contributed by atoms with E-state index in [9.17, 15) is 62.3 Å². The highest BCUT2D eigenvalue weighted by atomic mass is 19.4. The molecule has 0 bridgehead atoms. The van der Waals surface area contributed by atoms with Crippen LogP contribution in [0.3, 0.4) is 0 Å². The maximum atomic E-state index is 14.2. The van der Waals surface area contributed by atoms with Crippen molar-refractivity contribution in [2.45, 2.75) is 35.5 Å². The van der Waals surface area contributed by atoms with E-state index in [1.54, 1.807) is 30.3 Å². The summed E-state index contributed by atoms with van der Waals surface area (Å²) in [6.45, 7) is 0. The van der Waals surface area contributed by atoms with Crippen LogP contribution < -0.4 is 10.8 Å². The first-order valence-corrected chi connectivity index (χ1v) is 10.8. The number of aromatic nitrogens is 3. The monoisotopic (exact) mass is 623 g/mol. The third-order valence-electron chi connectivity index (χ3n) is 5.60. The average molecular weight is 623 g/mol. The van der Waals surface area contributed by atoms with Crippen LogP contribution in [-0.2, 0) is 9.59 Å². The Kier molecular flexibility index (Phi) is 8.02. The van der Waals surface area contributed by atoms with Crippen molar-refractivity contribution in [2.24, 2.45) is 0 Å². The van der Waals surface area contributed by atoms with Gasteiger partial charge in [-0.1, -0.05) is 35.5 Å². The number of para-hydroxylation sites is 1. The van der Waals surface area contributed by atoms with Gasteiger partial charge in [0, 0.05) is 11.3 Å². The summed E-state index contributed by atoms with van der Waals surface area (Å²) in [7, 11) is 0. The average Bonchev–Trinajstić information content (AvgIpc) is 3.43. The lowest BCUT2D eigenvalue weighted by Crippen LogP contribution is -2.73. The molecule has 0 saturated heterocycles. The van der Waals surface area contributed by atoms with Gasteiger partial charge in [0.15, 0.2) is 0 Å². The van der Waals surface area contributed by atoms with Crippen LogP contribution in [0.2, 0.25) is 0 Å². The number of nitrogens with one attached hydrogen (secondary N) is 2. The zero-order valence-electron chi connectivity index (χ0n) is 19.9. The van der Waals surface area contributed by atoms with E-state index in [1.807, 2.05) is 0 Å². The van der Waals surface area contributed by atoms with Crippen LogP contribution in [0.25, 0.3) is 16.9 Å². The molecule has 1 aromatic heterocycles. The summed E-state index contributed by atoms with van der Waals surface area (Å²) in [4.78, 5) is 22.4. The van der Waals surface area contributed by atoms with Gasteiger partial charge in [0.1, 0.15) is 5.69 Å². The van der Waals surface area contributed by atoms with Gasteiger partial charge in [-0.05, 0) is 24.3 Å². The largest absolute Gasteiger partial charge is 0.394 e. The summed E-state index contributed by atoms with van der Waals surface area (Å²) in [5.41, 5.74) is -0.184. The van der Waals surface area contributed by atoms with E-state index in [0.717, 1.165) is 29.6 Å². The number of hydroxylamine groups is 1. The molecule has 228 valence electrons. The fraction of sp³-hybridized carbons (Fsp3) is 0.273. The molecule has 3 N–H and O–H groups in total. The van der Waals surface area contributed by atoms with Gasteiger partial charge in [-0.3, -0.25) is 14.8 Å². The van der Waals surface area contributed by atoms with Crippen molar-refractivity contribution in [2.75, 3.05) is 5.32 Å². The number of carbonyl (C=O) groups excluding carboxylic acids is 2. The molecule has 0 radical (unpaired) electrons. The highest BCUT2D eigenvalue weighted by molar-refractivity contribution is 5.97. The summed E-state index contributed by atoms with van der Waals surface area (Å²) in [5.74, 6) is -52.9. The fourth-order valence-corrected chi connectivity index (χ4v) is 3.18. The summed E-state index contributed by atoms with van der Waals surface area (Å²) in [6, 6.07) is 12.0. The summed E-state index contributed by atoms with van der Waals surface area (Å²) in [5, 5.41) is 16.6. The second-order valence-corrected chi connectivity index (χ2v) is 8.30. The van der Waals surface area contributed by atoms with Crippen LogP contribution in [0.15, 0.2) is 60.8 Å². The van der Waals surface area contributed by atoms with Crippen molar-refractivity contribution in [3.63, 3.8) is 0 Å². The number of halogens is 12. The van der Waals surface area contributed by atoms with Crippen LogP contribution in [0.4, 0.5) is 58.4 Å². The van der Waals surface area contributed by atoms with Gasteiger partial charge in [-0.15, -0.1) is 5.10 Å². The number of carbonyl (C=O) groups is 2. The molecule has 0 spiro atoms. The third-order valence-corrected chi connectivity index (χ3v) is 5.60. The Labute approximate surface area is 224 Å². The van der Waals surface area contributed by atoms with Gasteiger partial charge in [-0.25, -0.2) is 10.2 Å². The predicted octanol–water partition coefficient (Wildman–Crippen LogP) is 5.19. The Bertz CT molecular complexity index is 1450. The maximum absolute atomic E-state index is 14.2. The van der Waals surface area contributed by atoms with E-state index >= 15 is 0 Å². The Balaban J connectivity index is 1.85. The molecule has 0 unspecified atom stereocenters. The Morgan fingerprint density at radius 1 is 0.667 bits per heavy atom. The van der Waals surface area contributed by atoms with E-state index in [1.165, 1.54) is 10.9 Å². The second kappa shape index (κ2) is 10.5. The van der Waals surface area contributed by atoms with Crippen molar-refractivity contribution in [1.82, 2.24) is 20.5 Å². The van der Waals surface area contributed by atoms with E-state index in [2.05, 4.69) is 10.3 Å². The first-order chi connectivity index (χ1) is 19.2. The fourth-order valence-electron chi connectivity index (χ4n) is 3.18. The molecule has 2 amide bonds. The molecule has 0 aliphatic carbocycles. The van der Waals surface area contributed by atoms with Crippen molar-refractivity contribution in [3.8, 4) is 16.9 Å². The molecule has 0 aliphatic heterocycles. The molecule has 3 aromatic rings.